The van der Waals surface area contributed by atoms with Crippen LogP contribution in [0.5, 0.6) is 0 Å². The van der Waals surface area contributed by atoms with Crippen molar-refractivity contribution in [3.8, 4) is 0 Å². The number of nitrogens with one attached hydrogen (secondary N) is 1. The largest absolute Gasteiger partial charge is 0.374 e. The van der Waals surface area contributed by atoms with Gasteiger partial charge in [-0.1, -0.05) is 18.9 Å². The monoisotopic (exact) mass is 225 g/mol. The molecule has 1 atom stereocenters. The summed E-state index contributed by atoms with van der Waals surface area (Å²) in [6.07, 6.45) is 10.6. The summed E-state index contributed by atoms with van der Waals surface area (Å²) in [6.45, 7) is 6.72. The van der Waals surface area contributed by atoms with Crippen LogP contribution in [0.15, 0.2) is 12.7 Å². The van der Waals surface area contributed by atoms with Gasteiger partial charge in [0.15, 0.2) is 0 Å². The van der Waals surface area contributed by atoms with Crippen molar-refractivity contribution < 1.29 is 4.74 Å². The summed E-state index contributed by atoms with van der Waals surface area (Å²) in [4.78, 5) is 0. The van der Waals surface area contributed by atoms with Crippen LogP contribution in [0, 0.1) is 0 Å². The van der Waals surface area contributed by atoms with Crippen LogP contribution in [0.2, 0.25) is 0 Å². The summed E-state index contributed by atoms with van der Waals surface area (Å²) >= 11 is 0. The van der Waals surface area contributed by atoms with E-state index in [1.807, 2.05) is 6.08 Å². The Morgan fingerprint density at radius 3 is 2.62 bits per heavy atom. The molecule has 0 heterocycles. The van der Waals surface area contributed by atoms with Gasteiger partial charge in [0.1, 0.15) is 0 Å². The second-order valence-electron chi connectivity index (χ2n) is 4.77. The highest BCUT2D eigenvalue weighted by molar-refractivity contribution is 4.96. The van der Waals surface area contributed by atoms with Crippen molar-refractivity contribution in [2.24, 2.45) is 0 Å². The number of likely N-dealkylation sites (N-methyl/N-ethyl adjacent to an activating group) is 1. The highest BCUT2D eigenvalue weighted by Gasteiger charge is 2.40. The van der Waals surface area contributed by atoms with E-state index in [0.29, 0.717) is 6.04 Å². The van der Waals surface area contributed by atoms with Crippen LogP contribution in [-0.4, -0.2) is 25.3 Å². The molecule has 94 valence electrons. The molecule has 0 aromatic rings. The standard InChI is InChI=1S/C14H27NO/c1-4-6-7-10-13(15-3)14(16-5-2)11-8-9-12-14/h4,13,15H,1,5-12H2,2-3H3. The van der Waals surface area contributed by atoms with Crippen LogP contribution < -0.4 is 5.32 Å². The molecule has 0 saturated heterocycles. The Bertz CT molecular complexity index is 197. The van der Waals surface area contributed by atoms with Gasteiger partial charge in [0.05, 0.1) is 5.60 Å². The highest BCUT2D eigenvalue weighted by Crippen LogP contribution is 2.37. The zero-order chi connectivity index (χ0) is 11.9. The molecule has 1 rings (SSSR count). The lowest BCUT2D eigenvalue weighted by Gasteiger charge is -2.37. The second kappa shape index (κ2) is 7.08. The lowest BCUT2D eigenvalue weighted by Crippen LogP contribution is -2.49. The maximum Gasteiger partial charge on any atom is 0.0834 e. The van der Waals surface area contributed by atoms with E-state index in [1.165, 1.54) is 38.5 Å². The van der Waals surface area contributed by atoms with E-state index < -0.39 is 0 Å². The molecular weight excluding hydrogens is 198 g/mol. The van der Waals surface area contributed by atoms with Crippen LogP contribution in [0.1, 0.15) is 51.9 Å². The van der Waals surface area contributed by atoms with Gasteiger partial charge in [0.2, 0.25) is 0 Å². The van der Waals surface area contributed by atoms with Gasteiger partial charge < -0.3 is 10.1 Å². The first-order chi connectivity index (χ1) is 7.79. The minimum absolute atomic E-state index is 0.116. The van der Waals surface area contributed by atoms with Crippen molar-refractivity contribution in [2.75, 3.05) is 13.7 Å². The van der Waals surface area contributed by atoms with Crippen molar-refractivity contribution in [1.29, 1.82) is 0 Å². The fourth-order valence-corrected chi connectivity index (χ4v) is 2.99. The maximum atomic E-state index is 6.09. The summed E-state index contributed by atoms with van der Waals surface area (Å²) in [5.74, 6) is 0. The second-order valence-corrected chi connectivity index (χ2v) is 4.77. The fraction of sp³-hybridized carbons (Fsp3) is 0.857. The van der Waals surface area contributed by atoms with E-state index in [4.69, 9.17) is 4.74 Å². The first kappa shape index (κ1) is 13.7. The van der Waals surface area contributed by atoms with Crippen molar-refractivity contribution in [2.45, 2.75) is 63.5 Å². The van der Waals surface area contributed by atoms with E-state index in [1.54, 1.807) is 0 Å². The smallest absolute Gasteiger partial charge is 0.0834 e. The van der Waals surface area contributed by atoms with Crippen molar-refractivity contribution >= 4 is 0 Å². The molecule has 1 aliphatic rings. The molecule has 2 nitrogen and oxygen atoms in total. The molecule has 16 heavy (non-hydrogen) atoms. The van der Waals surface area contributed by atoms with Gasteiger partial charge >= 0.3 is 0 Å². The molecule has 1 N–H and O–H groups in total. The zero-order valence-electron chi connectivity index (χ0n) is 10.9. The molecule has 0 aromatic heterocycles. The van der Waals surface area contributed by atoms with Crippen LogP contribution >= 0.6 is 0 Å². The molecule has 1 fully saturated rings. The first-order valence-corrected chi connectivity index (χ1v) is 6.71. The molecular formula is C14H27NO. The van der Waals surface area contributed by atoms with E-state index >= 15 is 0 Å². The first-order valence-electron chi connectivity index (χ1n) is 6.71. The van der Waals surface area contributed by atoms with Crippen LogP contribution in [0.25, 0.3) is 0 Å². The zero-order valence-corrected chi connectivity index (χ0v) is 10.9. The molecule has 1 saturated carbocycles. The van der Waals surface area contributed by atoms with Crippen molar-refractivity contribution in [1.82, 2.24) is 5.32 Å². The van der Waals surface area contributed by atoms with Gasteiger partial charge in [-0.3, -0.25) is 0 Å². The quantitative estimate of drug-likeness (QED) is 0.505. The third kappa shape index (κ3) is 3.33. The van der Waals surface area contributed by atoms with Gasteiger partial charge in [0, 0.05) is 12.6 Å². The molecule has 2 heteroatoms. The van der Waals surface area contributed by atoms with Gasteiger partial charge in [-0.2, -0.15) is 0 Å². The van der Waals surface area contributed by atoms with Gasteiger partial charge in [-0.15, -0.1) is 6.58 Å². The number of rotatable bonds is 8. The van der Waals surface area contributed by atoms with Gasteiger partial charge in [0.25, 0.3) is 0 Å². The molecule has 0 spiro atoms. The Hall–Kier alpha value is -0.340. The molecule has 0 bridgehead atoms. The average Bonchev–Trinajstić information content (AvgIpc) is 2.74. The number of hydrogen-bond acceptors (Lipinski definition) is 2. The van der Waals surface area contributed by atoms with Crippen molar-refractivity contribution in [3.63, 3.8) is 0 Å². The average molecular weight is 225 g/mol. The van der Waals surface area contributed by atoms with E-state index in [2.05, 4.69) is 25.9 Å². The van der Waals surface area contributed by atoms with Gasteiger partial charge in [-0.05, 0) is 46.1 Å². The molecule has 1 unspecified atom stereocenters. The maximum absolute atomic E-state index is 6.09. The van der Waals surface area contributed by atoms with Gasteiger partial charge in [-0.25, -0.2) is 0 Å². The summed E-state index contributed by atoms with van der Waals surface area (Å²) in [5.41, 5.74) is 0.116. The van der Waals surface area contributed by atoms with Crippen LogP contribution in [-0.2, 0) is 4.74 Å². The Labute approximate surface area is 100 Å². The Kier molecular flexibility index (Phi) is 6.07. The van der Waals surface area contributed by atoms with E-state index in [9.17, 15) is 0 Å². The fourth-order valence-electron chi connectivity index (χ4n) is 2.99. The minimum Gasteiger partial charge on any atom is -0.374 e. The lowest BCUT2D eigenvalue weighted by atomic mass is 9.88. The molecule has 0 aromatic carbocycles. The topological polar surface area (TPSA) is 21.3 Å². The van der Waals surface area contributed by atoms with E-state index in [0.717, 1.165) is 13.0 Å². The SMILES string of the molecule is C=CCCCC(NC)C1(OCC)CCCC1. The number of ether oxygens (including phenoxy) is 1. The molecule has 1 aliphatic carbocycles. The third-order valence-electron chi connectivity index (χ3n) is 3.77. The number of unbranched alkanes of at least 4 members (excludes halogenated alkanes) is 1. The summed E-state index contributed by atoms with van der Waals surface area (Å²) in [7, 11) is 2.07. The third-order valence-corrected chi connectivity index (χ3v) is 3.77. The summed E-state index contributed by atoms with van der Waals surface area (Å²) in [5, 5.41) is 3.47. The minimum atomic E-state index is 0.116. The summed E-state index contributed by atoms with van der Waals surface area (Å²) in [6, 6.07) is 0.509. The predicted molar refractivity (Wildman–Crippen MR) is 69.7 cm³/mol. The van der Waals surface area contributed by atoms with Crippen LogP contribution in [0.4, 0.5) is 0 Å². The highest BCUT2D eigenvalue weighted by atomic mass is 16.5. The summed E-state index contributed by atoms with van der Waals surface area (Å²) < 4.78 is 6.09. The van der Waals surface area contributed by atoms with E-state index in [-0.39, 0.29) is 5.60 Å². The molecule has 0 amide bonds. The Balaban J connectivity index is 2.54. The Morgan fingerprint density at radius 1 is 1.44 bits per heavy atom. The molecule has 0 aliphatic heterocycles. The normalized spacial score (nSPS) is 20.9. The molecule has 0 radical (unpaired) electrons. The van der Waals surface area contributed by atoms with Crippen molar-refractivity contribution in [3.05, 3.63) is 12.7 Å². The Morgan fingerprint density at radius 2 is 2.12 bits per heavy atom. The number of allylic oxidation sites excluding steroid dienone is 1. The predicted octanol–water partition coefficient (Wildman–Crippen LogP) is 3.28. The van der Waals surface area contributed by atoms with Crippen LogP contribution in [0.3, 0.4) is 0 Å². The lowest BCUT2D eigenvalue weighted by molar-refractivity contribution is -0.0619. The number of hydrogen-bond donors (Lipinski definition) is 1.